The summed E-state index contributed by atoms with van der Waals surface area (Å²) in [6.07, 6.45) is 2.19. The summed E-state index contributed by atoms with van der Waals surface area (Å²) in [6.45, 7) is 0. The number of nitrogens with one attached hydrogen (secondary N) is 2. The van der Waals surface area contributed by atoms with E-state index in [0.717, 1.165) is 18.0 Å². The summed E-state index contributed by atoms with van der Waals surface area (Å²) in [7, 11) is 0. The lowest BCUT2D eigenvalue weighted by Gasteiger charge is -2.35. The molecule has 0 bridgehead atoms. The Morgan fingerprint density at radius 2 is 2.00 bits per heavy atom. The van der Waals surface area contributed by atoms with Gasteiger partial charge in [-0.3, -0.25) is 0 Å². The van der Waals surface area contributed by atoms with Crippen molar-refractivity contribution in [2.45, 2.75) is 18.9 Å². The average molecular weight is 298 g/mol. The van der Waals surface area contributed by atoms with E-state index in [0.29, 0.717) is 0 Å². The van der Waals surface area contributed by atoms with Gasteiger partial charge in [0, 0.05) is 16.1 Å². The molecule has 4 heteroatoms. The fourth-order valence-electron chi connectivity index (χ4n) is 3.05. The molecule has 2 aromatic rings. The molecule has 0 radical (unpaired) electrons. The van der Waals surface area contributed by atoms with E-state index in [1.54, 1.807) is 11.3 Å². The number of thiophene rings is 1. The van der Waals surface area contributed by atoms with Crippen LogP contribution in [-0.4, -0.2) is 5.11 Å². The van der Waals surface area contributed by atoms with E-state index >= 15 is 0 Å². The average Bonchev–Trinajstić information content (AvgIpc) is 3.00. The van der Waals surface area contributed by atoms with Crippen molar-refractivity contribution in [3.8, 4) is 0 Å². The first-order valence-electron chi connectivity index (χ1n) is 6.75. The minimum absolute atomic E-state index is 0.229. The summed E-state index contributed by atoms with van der Waals surface area (Å²) in [5.41, 5.74) is 5.36. The number of aryl methyl sites for hydroxylation is 1. The lowest BCUT2D eigenvalue weighted by molar-refractivity contribution is 0.677. The van der Waals surface area contributed by atoms with Crippen LogP contribution in [0.25, 0.3) is 5.70 Å². The summed E-state index contributed by atoms with van der Waals surface area (Å²) in [5, 5.41) is 9.64. The number of rotatable bonds is 1. The molecule has 1 aromatic carbocycles. The minimum atomic E-state index is 0.229. The Morgan fingerprint density at radius 1 is 1.10 bits per heavy atom. The molecule has 1 aromatic heterocycles. The molecule has 0 fully saturated rings. The van der Waals surface area contributed by atoms with Gasteiger partial charge in [-0.1, -0.05) is 30.3 Å². The Bertz CT molecular complexity index is 701. The van der Waals surface area contributed by atoms with Crippen molar-refractivity contribution >= 4 is 34.4 Å². The van der Waals surface area contributed by atoms with E-state index < -0.39 is 0 Å². The Balaban J connectivity index is 1.87. The van der Waals surface area contributed by atoms with Crippen molar-refractivity contribution in [3.63, 3.8) is 0 Å². The maximum atomic E-state index is 5.40. The van der Waals surface area contributed by atoms with E-state index in [4.69, 9.17) is 12.2 Å². The third-order valence-electron chi connectivity index (χ3n) is 3.96. The van der Waals surface area contributed by atoms with Crippen LogP contribution in [0.5, 0.6) is 0 Å². The topological polar surface area (TPSA) is 24.1 Å². The van der Waals surface area contributed by atoms with Gasteiger partial charge in [0.2, 0.25) is 0 Å². The van der Waals surface area contributed by atoms with Crippen LogP contribution in [-0.2, 0) is 6.42 Å². The summed E-state index contributed by atoms with van der Waals surface area (Å²) >= 11 is 7.19. The Morgan fingerprint density at radius 3 is 2.85 bits per heavy atom. The van der Waals surface area contributed by atoms with Crippen molar-refractivity contribution in [3.05, 3.63) is 63.4 Å². The molecule has 0 saturated carbocycles. The zero-order valence-corrected chi connectivity index (χ0v) is 12.5. The molecule has 0 saturated heterocycles. The lowest BCUT2D eigenvalue weighted by Crippen LogP contribution is -2.44. The highest BCUT2D eigenvalue weighted by Crippen LogP contribution is 2.39. The van der Waals surface area contributed by atoms with E-state index in [9.17, 15) is 0 Å². The van der Waals surface area contributed by atoms with E-state index in [1.165, 1.54) is 27.3 Å². The molecule has 1 aliphatic carbocycles. The van der Waals surface area contributed by atoms with Crippen LogP contribution in [0.1, 0.15) is 28.5 Å². The van der Waals surface area contributed by atoms with Crippen LogP contribution in [0.2, 0.25) is 0 Å². The lowest BCUT2D eigenvalue weighted by atomic mass is 9.84. The summed E-state index contributed by atoms with van der Waals surface area (Å²) in [5.74, 6) is 0. The number of hydrogen-bond donors (Lipinski definition) is 2. The summed E-state index contributed by atoms with van der Waals surface area (Å²) in [4.78, 5) is 1.33. The van der Waals surface area contributed by atoms with E-state index in [1.807, 2.05) is 0 Å². The monoisotopic (exact) mass is 298 g/mol. The van der Waals surface area contributed by atoms with Gasteiger partial charge < -0.3 is 10.6 Å². The molecule has 0 spiro atoms. The van der Waals surface area contributed by atoms with Crippen molar-refractivity contribution < 1.29 is 0 Å². The summed E-state index contributed by atoms with van der Waals surface area (Å²) < 4.78 is 0. The van der Waals surface area contributed by atoms with Gasteiger partial charge >= 0.3 is 0 Å². The normalized spacial score (nSPS) is 20.8. The van der Waals surface area contributed by atoms with Crippen molar-refractivity contribution in [2.24, 2.45) is 0 Å². The molecule has 2 nitrogen and oxygen atoms in total. The Hall–Kier alpha value is -1.65. The van der Waals surface area contributed by atoms with Crippen LogP contribution in [0.15, 0.2) is 47.4 Å². The molecule has 0 amide bonds. The quantitative estimate of drug-likeness (QED) is 0.786. The number of benzene rings is 1. The van der Waals surface area contributed by atoms with Crippen LogP contribution >= 0.6 is 23.6 Å². The van der Waals surface area contributed by atoms with Gasteiger partial charge in [0.25, 0.3) is 0 Å². The number of thiocarbonyl (C=S) groups is 1. The zero-order valence-electron chi connectivity index (χ0n) is 10.8. The van der Waals surface area contributed by atoms with Gasteiger partial charge in [-0.15, -0.1) is 11.3 Å². The van der Waals surface area contributed by atoms with Crippen LogP contribution < -0.4 is 10.6 Å². The first-order chi connectivity index (χ1) is 9.83. The van der Waals surface area contributed by atoms with Crippen molar-refractivity contribution in [1.29, 1.82) is 0 Å². The first-order valence-corrected chi connectivity index (χ1v) is 8.04. The predicted octanol–water partition coefficient (Wildman–Crippen LogP) is 3.62. The highest BCUT2D eigenvalue weighted by atomic mass is 32.1. The third kappa shape index (κ3) is 1.87. The standard InChI is InChI=1S/C16H14N2S2/c19-16-17-14-11-5-2-1-4-10(11)7-8-12(14)15(18-16)13-6-3-9-20-13/h1-6,9,15H,7-8H2,(H2,17,18,19)/t15-/m1/s1. The SMILES string of the molecule is S=C1NC2=C(CCc3ccccc32)[C@H](c2cccs2)N1. The van der Waals surface area contributed by atoms with Crippen LogP contribution in [0, 0.1) is 0 Å². The number of fused-ring (bicyclic) bond motifs is 2. The second-order valence-electron chi connectivity index (χ2n) is 5.10. The second kappa shape index (κ2) is 4.72. The largest absolute Gasteiger partial charge is 0.351 e. The highest BCUT2D eigenvalue weighted by Gasteiger charge is 2.30. The van der Waals surface area contributed by atoms with Gasteiger partial charge in [-0.25, -0.2) is 0 Å². The van der Waals surface area contributed by atoms with Crippen LogP contribution in [0.4, 0.5) is 0 Å². The van der Waals surface area contributed by atoms with Crippen molar-refractivity contribution in [1.82, 2.24) is 10.6 Å². The predicted molar refractivity (Wildman–Crippen MR) is 87.6 cm³/mol. The number of hydrogen-bond acceptors (Lipinski definition) is 2. The molecule has 2 N–H and O–H groups in total. The van der Waals surface area contributed by atoms with Gasteiger partial charge in [-0.2, -0.15) is 0 Å². The fraction of sp³-hybridized carbons (Fsp3) is 0.188. The maximum Gasteiger partial charge on any atom is 0.171 e. The summed E-state index contributed by atoms with van der Waals surface area (Å²) in [6, 6.07) is 13.1. The van der Waals surface area contributed by atoms with Gasteiger partial charge in [-0.05, 0) is 47.6 Å². The van der Waals surface area contributed by atoms with Crippen LogP contribution in [0.3, 0.4) is 0 Å². The first kappa shape index (κ1) is 12.1. The Labute approximate surface area is 127 Å². The molecular formula is C16H14N2S2. The van der Waals surface area contributed by atoms with E-state index in [2.05, 4.69) is 52.4 Å². The second-order valence-corrected chi connectivity index (χ2v) is 6.49. The zero-order chi connectivity index (χ0) is 13.5. The van der Waals surface area contributed by atoms with E-state index in [-0.39, 0.29) is 6.04 Å². The molecule has 1 aliphatic heterocycles. The minimum Gasteiger partial charge on any atom is -0.351 e. The smallest absolute Gasteiger partial charge is 0.171 e. The molecule has 1 atom stereocenters. The third-order valence-corrected chi connectivity index (χ3v) is 5.12. The van der Waals surface area contributed by atoms with Gasteiger partial charge in [0.15, 0.2) is 5.11 Å². The van der Waals surface area contributed by atoms with Gasteiger partial charge in [0.1, 0.15) is 0 Å². The fourth-order valence-corrected chi connectivity index (χ4v) is 4.08. The van der Waals surface area contributed by atoms with Gasteiger partial charge in [0.05, 0.1) is 6.04 Å². The molecular weight excluding hydrogens is 284 g/mol. The molecule has 20 heavy (non-hydrogen) atoms. The molecule has 2 heterocycles. The Kier molecular flexibility index (Phi) is 2.86. The molecule has 100 valence electrons. The molecule has 4 rings (SSSR count). The maximum absolute atomic E-state index is 5.40. The van der Waals surface area contributed by atoms with Crippen molar-refractivity contribution in [2.75, 3.05) is 0 Å². The molecule has 0 unspecified atom stereocenters. The molecule has 2 aliphatic rings. The highest BCUT2D eigenvalue weighted by molar-refractivity contribution is 7.80.